The number of hydrogen-bond acceptors (Lipinski definition) is 4. The lowest BCUT2D eigenvalue weighted by atomic mass is 9.73. The van der Waals surface area contributed by atoms with E-state index in [0.29, 0.717) is 28.5 Å². The van der Waals surface area contributed by atoms with Gasteiger partial charge in [-0.1, -0.05) is 77.1 Å². The number of hydrogen-bond donors (Lipinski definition) is 2. The number of carbonyl (C=O) groups excluding carboxylic acids is 3. The van der Waals surface area contributed by atoms with E-state index in [9.17, 15) is 14.4 Å². The van der Waals surface area contributed by atoms with E-state index in [2.05, 4.69) is 38.3 Å². The lowest BCUT2D eigenvalue weighted by Gasteiger charge is -2.44. The Balaban J connectivity index is 1.34. The molecule has 40 heavy (non-hydrogen) atoms. The van der Waals surface area contributed by atoms with Crippen molar-refractivity contribution >= 4 is 35.0 Å². The van der Waals surface area contributed by atoms with Crippen LogP contribution in [0.5, 0.6) is 0 Å². The third kappa shape index (κ3) is 4.39. The molecule has 0 radical (unpaired) electrons. The first-order chi connectivity index (χ1) is 19.1. The molecule has 1 aromatic carbocycles. The summed E-state index contributed by atoms with van der Waals surface area (Å²) in [6.45, 7) is 8.91. The lowest BCUT2D eigenvalue weighted by molar-refractivity contribution is -0.146. The fourth-order valence-electron chi connectivity index (χ4n) is 8.32. The summed E-state index contributed by atoms with van der Waals surface area (Å²) in [4.78, 5) is 44.4. The van der Waals surface area contributed by atoms with Gasteiger partial charge in [0, 0.05) is 22.8 Å². The topological polar surface area (TPSA) is 87.7 Å². The number of fused-ring (bicyclic) bond motifs is 1. The molecule has 5 aliphatic rings. The van der Waals surface area contributed by atoms with Gasteiger partial charge in [-0.15, -0.1) is 0 Å². The zero-order valence-corrected chi connectivity index (χ0v) is 24.7. The Morgan fingerprint density at radius 2 is 1.62 bits per heavy atom. The minimum Gasteiger partial charge on any atom is -0.359 e. The highest BCUT2D eigenvalue weighted by Gasteiger charge is 2.73. The molecular weight excluding hydrogens is 526 g/mol. The van der Waals surface area contributed by atoms with Crippen molar-refractivity contribution in [3.63, 3.8) is 0 Å². The Kier molecular flexibility index (Phi) is 7.27. The minimum atomic E-state index is -1.14. The van der Waals surface area contributed by atoms with Gasteiger partial charge in [0.1, 0.15) is 11.6 Å². The normalized spacial score (nSPS) is 42.1. The number of nitrogens with one attached hydrogen (secondary N) is 2. The van der Waals surface area contributed by atoms with Crippen LogP contribution in [0.25, 0.3) is 0 Å². The van der Waals surface area contributed by atoms with E-state index >= 15 is 0 Å². The molecule has 2 aliphatic carbocycles. The molecular formula is C32H42ClN3O4. The van der Waals surface area contributed by atoms with E-state index in [1.165, 1.54) is 6.42 Å². The number of ether oxygens (including phenoxy) is 1. The van der Waals surface area contributed by atoms with Crippen molar-refractivity contribution < 1.29 is 19.1 Å². The first kappa shape index (κ1) is 27.8. The standard InChI is InChI=1S/C32H42ClN3O4/c1-17-7-5-9-23(19(17)3)35-30(38)28-32-16-15-25(40-32)26(29(37)34-22-13-11-21(33)12-14-22)27(32)31(39)36(28)24-10-6-8-18(2)20(24)4/h11-20,23-28H,5-10H2,1-4H3,(H,34,37)(H,35,38)/t17?,18?,19?,20?,23?,24?,25-,26?,27-,28?,32?/m0/s1. The Hall–Kier alpha value is -2.38. The van der Waals surface area contributed by atoms with Crippen LogP contribution in [0.4, 0.5) is 5.69 Å². The van der Waals surface area contributed by atoms with Crippen LogP contribution in [0.3, 0.4) is 0 Å². The average Bonchev–Trinajstić information content (AvgIpc) is 3.57. The van der Waals surface area contributed by atoms with Gasteiger partial charge in [-0.3, -0.25) is 14.4 Å². The quantitative estimate of drug-likeness (QED) is 0.479. The van der Waals surface area contributed by atoms with Crippen LogP contribution in [0.15, 0.2) is 36.4 Å². The van der Waals surface area contributed by atoms with Crippen molar-refractivity contribution in [3.05, 3.63) is 41.4 Å². The van der Waals surface area contributed by atoms with Gasteiger partial charge in [-0.2, -0.15) is 0 Å². The van der Waals surface area contributed by atoms with Crippen LogP contribution in [0, 0.1) is 35.5 Å². The van der Waals surface area contributed by atoms with E-state index in [0.717, 1.165) is 32.1 Å². The van der Waals surface area contributed by atoms with Crippen LogP contribution >= 0.6 is 11.6 Å². The molecule has 3 heterocycles. The Morgan fingerprint density at radius 3 is 2.35 bits per heavy atom. The van der Waals surface area contributed by atoms with Gasteiger partial charge in [0.15, 0.2) is 0 Å². The van der Waals surface area contributed by atoms with Crippen molar-refractivity contribution in [2.24, 2.45) is 35.5 Å². The number of likely N-dealkylation sites (tertiary alicyclic amines) is 1. The van der Waals surface area contributed by atoms with Crippen LogP contribution in [0.2, 0.25) is 5.02 Å². The van der Waals surface area contributed by atoms with Gasteiger partial charge >= 0.3 is 0 Å². The second kappa shape index (κ2) is 10.5. The van der Waals surface area contributed by atoms with E-state index in [1.54, 1.807) is 24.3 Å². The molecule has 3 amide bonds. The van der Waals surface area contributed by atoms with Crippen LogP contribution in [-0.4, -0.2) is 52.5 Å². The van der Waals surface area contributed by atoms with Crippen molar-refractivity contribution in [2.75, 3.05) is 5.32 Å². The first-order valence-corrected chi connectivity index (χ1v) is 15.6. The number of carbonyl (C=O) groups is 3. The molecule has 0 aromatic heterocycles. The summed E-state index contributed by atoms with van der Waals surface area (Å²) in [7, 11) is 0. The molecule has 6 rings (SSSR count). The zero-order chi connectivity index (χ0) is 28.3. The van der Waals surface area contributed by atoms with Crippen molar-refractivity contribution in [3.8, 4) is 0 Å². The van der Waals surface area contributed by atoms with Gasteiger partial charge in [0.05, 0.1) is 17.9 Å². The smallest absolute Gasteiger partial charge is 0.246 e. The minimum absolute atomic E-state index is 0.0642. The molecule has 216 valence electrons. The monoisotopic (exact) mass is 567 g/mol. The maximum atomic E-state index is 14.5. The molecule has 7 nitrogen and oxygen atoms in total. The Morgan fingerprint density at radius 1 is 0.950 bits per heavy atom. The maximum Gasteiger partial charge on any atom is 0.246 e. The number of nitrogens with zero attached hydrogens (tertiary/aromatic N) is 1. The molecule has 2 bridgehead atoms. The molecule has 2 saturated carbocycles. The van der Waals surface area contributed by atoms with Crippen molar-refractivity contribution in [1.82, 2.24) is 10.2 Å². The predicted molar refractivity (Wildman–Crippen MR) is 155 cm³/mol. The summed E-state index contributed by atoms with van der Waals surface area (Å²) in [5.41, 5.74) is -0.528. The number of rotatable bonds is 5. The first-order valence-electron chi connectivity index (χ1n) is 15.2. The van der Waals surface area contributed by atoms with Crippen molar-refractivity contribution in [1.29, 1.82) is 0 Å². The van der Waals surface area contributed by atoms with Gasteiger partial charge < -0.3 is 20.3 Å². The average molecular weight is 568 g/mol. The van der Waals surface area contributed by atoms with E-state index in [-0.39, 0.29) is 35.7 Å². The molecule has 2 N–H and O–H groups in total. The molecule has 2 saturated heterocycles. The van der Waals surface area contributed by atoms with Gasteiger partial charge in [-0.25, -0.2) is 0 Å². The third-order valence-electron chi connectivity index (χ3n) is 11.0. The Bertz CT molecular complexity index is 1200. The maximum absolute atomic E-state index is 14.5. The summed E-state index contributed by atoms with van der Waals surface area (Å²) >= 11 is 6.03. The molecule has 4 fully saturated rings. The highest BCUT2D eigenvalue weighted by Crippen LogP contribution is 2.57. The summed E-state index contributed by atoms with van der Waals surface area (Å²) in [5.74, 6) is -0.391. The Labute approximate surface area is 242 Å². The lowest BCUT2D eigenvalue weighted by Crippen LogP contribution is -2.61. The highest BCUT2D eigenvalue weighted by atomic mass is 35.5. The summed E-state index contributed by atoms with van der Waals surface area (Å²) in [5, 5.41) is 6.93. The van der Waals surface area contributed by atoms with Crippen LogP contribution < -0.4 is 10.6 Å². The van der Waals surface area contributed by atoms with E-state index in [1.807, 2.05) is 17.1 Å². The number of halogens is 1. The summed E-state index contributed by atoms with van der Waals surface area (Å²) in [6, 6.07) is 6.15. The second-order valence-electron chi connectivity index (χ2n) is 13.2. The second-order valence-corrected chi connectivity index (χ2v) is 13.6. The largest absolute Gasteiger partial charge is 0.359 e. The summed E-state index contributed by atoms with van der Waals surface area (Å²) < 4.78 is 6.58. The van der Waals surface area contributed by atoms with Gasteiger partial charge in [0.2, 0.25) is 17.7 Å². The predicted octanol–water partition coefficient (Wildman–Crippen LogP) is 5.19. The molecule has 11 atom stereocenters. The van der Waals surface area contributed by atoms with Crippen molar-refractivity contribution in [2.45, 2.75) is 96.1 Å². The highest BCUT2D eigenvalue weighted by molar-refractivity contribution is 6.30. The van der Waals surface area contributed by atoms with Gasteiger partial charge in [-0.05, 0) is 60.8 Å². The zero-order valence-electron chi connectivity index (χ0n) is 23.9. The molecule has 8 heteroatoms. The fourth-order valence-corrected chi connectivity index (χ4v) is 8.44. The van der Waals surface area contributed by atoms with E-state index < -0.39 is 29.6 Å². The third-order valence-corrected chi connectivity index (χ3v) is 11.3. The molecule has 1 spiro atoms. The van der Waals surface area contributed by atoms with Crippen LogP contribution in [-0.2, 0) is 19.1 Å². The molecule has 3 aliphatic heterocycles. The number of amides is 3. The SMILES string of the molecule is CC1CCCC(NC(=O)C2N(C3CCCC(C)C3C)C(=O)[C@@H]3C(C(=O)Nc4ccc(Cl)cc4)[C@@H]4C=CC23O4)C1C. The molecule has 9 unspecified atom stereocenters. The number of benzene rings is 1. The van der Waals surface area contributed by atoms with E-state index in [4.69, 9.17) is 16.3 Å². The number of anilines is 1. The molecule has 1 aromatic rings. The van der Waals surface area contributed by atoms with Crippen LogP contribution in [0.1, 0.15) is 66.2 Å². The summed E-state index contributed by atoms with van der Waals surface area (Å²) in [6.07, 6.45) is 9.44. The fraction of sp³-hybridized carbons (Fsp3) is 0.656. The van der Waals surface area contributed by atoms with Gasteiger partial charge in [0.25, 0.3) is 0 Å².